The summed E-state index contributed by atoms with van der Waals surface area (Å²) in [5.41, 5.74) is 0.379. The summed E-state index contributed by atoms with van der Waals surface area (Å²) in [6, 6.07) is 0. The van der Waals surface area contributed by atoms with Gasteiger partial charge >= 0.3 is 0 Å². The van der Waals surface area contributed by atoms with Crippen LogP contribution in [0.4, 0.5) is 0 Å². The zero-order valence-electron chi connectivity index (χ0n) is 11.6. The molecule has 0 aromatic rings. The summed E-state index contributed by atoms with van der Waals surface area (Å²) in [6.07, 6.45) is 4.80. The second kappa shape index (κ2) is 6.02. The van der Waals surface area contributed by atoms with E-state index in [9.17, 15) is 4.79 Å². The largest absolute Gasteiger partial charge is 0.368 e. The van der Waals surface area contributed by atoms with Crippen molar-refractivity contribution >= 4 is 5.91 Å². The van der Waals surface area contributed by atoms with Crippen molar-refractivity contribution in [3.63, 3.8) is 0 Å². The first-order chi connectivity index (χ1) is 8.62. The number of nitrogens with one attached hydrogen (secondary N) is 2. The first-order valence-electron chi connectivity index (χ1n) is 7.21. The van der Waals surface area contributed by atoms with Gasteiger partial charge in [0.25, 0.3) is 0 Å². The highest BCUT2D eigenvalue weighted by molar-refractivity contribution is 5.77. The Morgan fingerprint density at radius 1 is 1.39 bits per heavy atom. The van der Waals surface area contributed by atoms with Crippen molar-refractivity contribution in [1.29, 1.82) is 0 Å². The standard InChI is InChI=1S/C14H26N2O2/c1-11(2)14(5-6-14)10-16-13(17)9-18-12-3-7-15-8-4-12/h11-12,15H,3-10H2,1-2H3,(H,16,17). The lowest BCUT2D eigenvalue weighted by Gasteiger charge is -2.23. The Morgan fingerprint density at radius 2 is 2.06 bits per heavy atom. The van der Waals surface area contributed by atoms with E-state index in [1.807, 2.05) is 0 Å². The average molecular weight is 254 g/mol. The van der Waals surface area contributed by atoms with Crippen molar-refractivity contribution in [3.05, 3.63) is 0 Å². The van der Waals surface area contributed by atoms with Crippen molar-refractivity contribution < 1.29 is 9.53 Å². The van der Waals surface area contributed by atoms with Crippen molar-refractivity contribution in [2.45, 2.75) is 45.6 Å². The molecule has 2 aliphatic rings. The molecule has 1 aliphatic carbocycles. The Kier molecular flexibility index (Phi) is 4.62. The molecule has 0 unspecified atom stereocenters. The van der Waals surface area contributed by atoms with Gasteiger partial charge in [-0.2, -0.15) is 0 Å². The maximum Gasteiger partial charge on any atom is 0.246 e. The van der Waals surface area contributed by atoms with E-state index in [1.165, 1.54) is 12.8 Å². The molecule has 2 N–H and O–H groups in total. The molecule has 1 aliphatic heterocycles. The Balaban J connectivity index is 1.60. The fourth-order valence-electron chi connectivity index (χ4n) is 2.60. The molecular formula is C14H26N2O2. The minimum Gasteiger partial charge on any atom is -0.368 e. The number of rotatable bonds is 6. The fourth-order valence-corrected chi connectivity index (χ4v) is 2.60. The minimum absolute atomic E-state index is 0.0421. The summed E-state index contributed by atoms with van der Waals surface area (Å²) < 4.78 is 5.64. The summed E-state index contributed by atoms with van der Waals surface area (Å²) in [7, 11) is 0. The molecule has 104 valence electrons. The van der Waals surface area contributed by atoms with Crippen LogP contribution in [0.25, 0.3) is 0 Å². The van der Waals surface area contributed by atoms with E-state index in [0.29, 0.717) is 11.3 Å². The highest BCUT2D eigenvalue weighted by atomic mass is 16.5. The van der Waals surface area contributed by atoms with E-state index in [2.05, 4.69) is 24.5 Å². The highest BCUT2D eigenvalue weighted by Gasteiger charge is 2.45. The SMILES string of the molecule is CC(C)C1(CNC(=O)COC2CCNCC2)CC1. The Labute approximate surface area is 110 Å². The number of hydrogen-bond acceptors (Lipinski definition) is 3. The highest BCUT2D eigenvalue weighted by Crippen LogP contribution is 2.51. The molecule has 4 heteroatoms. The van der Waals surface area contributed by atoms with Gasteiger partial charge in [0.05, 0.1) is 6.10 Å². The molecule has 0 radical (unpaired) electrons. The van der Waals surface area contributed by atoms with Gasteiger partial charge in [-0.1, -0.05) is 13.8 Å². The smallest absolute Gasteiger partial charge is 0.246 e. The third-order valence-electron chi connectivity index (χ3n) is 4.49. The van der Waals surface area contributed by atoms with Gasteiger partial charge in [-0.3, -0.25) is 4.79 Å². The lowest BCUT2D eigenvalue weighted by Crippen LogP contribution is -2.38. The van der Waals surface area contributed by atoms with E-state index in [-0.39, 0.29) is 18.6 Å². The number of hydrogen-bond donors (Lipinski definition) is 2. The van der Waals surface area contributed by atoms with Crippen LogP contribution >= 0.6 is 0 Å². The summed E-state index contributed by atoms with van der Waals surface area (Å²) in [5, 5.41) is 6.31. The monoisotopic (exact) mass is 254 g/mol. The predicted octanol–water partition coefficient (Wildman–Crippen LogP) is 1.31. The minimum atomic E-state index is 0.0421. The second-order valence-corrected chi connectivity index (χ2v) is 6.05. The lowest BCUT2D eigenvalue weighted by molar-refractivity contribution is -0.128. The van der Waals surface area contributed by atoms with E-state index in [4.69, 9.17) is 4.74 Å². The maximum absolute atomic E-state index is 11.7. The first-order valence-corrected chi connectivity index (χ1v) is 7.21. The van der Waals surface area contributed by atoms with Crippen LogP contribution in [0.5, 0.6) is 0 Å². The summed E-state index contributed by atoms with van der Waals surface area (Å²) in [4.78, 5) is 11.7. The summed E-state index contributed by atoms with van der Waals surface area (Å²) in [6.45, 7) is 7.53. The Bertz CT molecular complexity index is 282. The molecule has 2 rings (SSSR count). The summed E-state index contributed by atoms with van der Waals surface area (Å²) in [5.74, 6) is 0.698. The molecule has 0 spiro atoms. The van der Waals surface area contributed by atoms with Crippen LogP contribution in [0.15, 0.2) is 0 Å². The zero-order valence-corrected chi connectivity index (χ0v) is 11.6. The Hall–Kier alpha value is -0.610. The molecule has 0 aromatic heterocycles. The van der Waals surface area contributed by atoms with Crippen LogP contribution in [-0.4, -0.2) is 38.3 Å². The van der Waals surface area contributed by atoms with Gasteiger partial charge in [-0.05, 0) is 50.1 Å². The van der Waals surface area contributed by atoms with E-state index in [1.54, 1.807) is 0 Å². The van der Waals surface area contributed by atoms with E-state index < -0.39 is 0 Å². The lowest BCUT2D eigenvalue weighted by atomic mass is 9.92. The van der Waals surface area contributed by atoms with Gasteiger partial charge in [0, 0.05) is 6.54 Å². The van der Waals surface area contributed by atoms with Gasteiger partial charge in [0.1, 0.15) is 6.61 Å². The average Bonchev–Trinajstić information content (AvgIpc) is 3.16. The normalized spacial score (nSPS) is 23.1. The molecule has 1 amide bonds. The first kappa shape index (κ1) is 13.8. The molecule has 0 atom stereocenters. The molecule has 1 saturated heterocycles. The van der Waals surface area contributed by atoms with Crippen LogP contribution in [0.1, 0.15) is 39.5 Å². The molecule has 1 heterocycles. The molecule has 2 fully saturated rings. The van der Waals surface area contributed by atoms with Gasteiger partial charge in [0.2, 0.25) is 5.91 Å². The van der Waals surface area contributed by atoms with Crippen molar-refractivity contribution in [3.8, 4) is 0 Å². The number of piperidine rings is 1. The number of carbonyl (C=O) groups is 1. The quantitative estimate of drug-likeness (QED) is 0.751. The van der Waals surface area contributed by atoms with Crippen molar-refractivity contribution in [1.82, 2.24) is 10.6 Å². The third-order valence-corrected chi connectivity index (χ3v) is 4.49. The van der Waals surface area contributed by atoms with Crippen molar-refractivity contribution in [2.24, 2.45) is 11.3 Å². The van der Waals surface area contributed by atoms with E-state index in [0.717, 1.165) is 32.5 Å². The fraction of sp³-hybridized carbons (Fsp3) is 0.929. The molecular weight excluding hydrogens is 228 g/mol. The van der Waals surface area contributed by atoms with E-state index >= 15 is 0 Å². The van der Waals surface area contributed by atoms with Crippen LogP contribution in [0, 0.1) is 11.3 Å². The van der Waals surface area contributed by atoms with Crippen LogP contribution in [0.3, 0.4) is 0 Å². The second-order valence-electron chi connectivity index (χ2n) is 6.05. The Morgan fingerprint density at radius 3 is 2.61 bits per heavy atom. The molecule has 18 heavy (non-hydrogen) atoms. The topological polar surface area (TPSA) is 50.4 Å². The van der Waals surface area contributed by atoms with Crippen LogP contribution in [0.2, 0.25) is 0 Å². The van der Waals surface area contributed by atoms with Crippen LogP contribution < -0.4 is 10.6 Å². The van der Waals surface area contributed by atoms with Gasteiger partial charge in [-0.15, -0.1) is 0 Å². The zero-order chi connectivity index (χ0) is 13.0. The van der Waals surface area contributed by atoms with Gasteiger partial charge in [0.15, 0.2) is 0 Å². The molecule has 0 aromatic carbocycles. The molecule has 4 nitrogen and oxygen atoms in total. The van der Waals surface area contributed by atoms with Gasteiger partial charge < -0.3 is 15.4 Å². The third kappa shape index (κ3) is 3.69. The molecule has 0 bridgehead atoms. The maximum atomic E-state index is 11.7. The summed E-state index contributed by atoms with van der Waals surface area (Å²) >= 11 is 0. The number of ether oxygens (including phenoxy) is 1. The number of amides is 1. The van der Waals surface area contributed by atoms with Crippen LogP contribution in [-0.2, 0) is 9.53 Å². The van der Waals surface area contributed by atoms with Gasteiger partial charge in [-0.25, -0.2) is 0 Å². The molecule has 1 saturated carbocycles. The van der Waals surface area contributed by atoms with Crippen molar-refractivity contribution in [2.75, 3.05) is 26.2 Å². The predicted molar refractivity (Wildman–Crippen MR) is 71.4 cm³/mol. The number of carbonyl (C=O) groups excluding carboxylic acids is 1.